The summed E-state index contributed by atoms with van der Waals surface area (Å²) in [7, 11) is 0. The lowest BCUT2D eigenvalue weighted by Gasteiger charge is -2.16. The van der Waals surface area contributed by atoms with E-state index in [9.17, 15) is 17.6 Å². The van der Waals surface area contributed by atoms with Gasteiger partial charge in [0.1, 0.15) is 5.82 Å². The second kappa shape index (κ2) is 6.29. The molecule has 1 N–H and O–H groups in total. The topological polar surface area (TPSA) is 37.8 Å². The Morgan fingerprint density at radius 1 is 1.18 bits per heavy atom. The van der Waals surface area contributed by atoms with Crippen LogP contribution >= 0.6 is 0 Å². The van der Waals surface area contributed by atoms with Gasteiger partial charge in [-0.05, 0) is 24.1 Å². The van der Waals surface area contributed by atoms with Gasteiger partial charge in [-0.2, -0.15) is 13.2 Å². The number of aromatic nitrogens is 2. The van der Waals surface area contributed by atoms with Gasteiger partial charge in [0.2, 0.25) is 0 Å². The molecule has 2 aromatic heterocycles. The molecule has 0 aliphatic heterocycles. The molecule has 22 heavy (non-hydrogen) atoms. The number of halogens is 4. The van der Waals surface area contributed by atoms with Gasteiger partial charge in [-0.25, -0.2) is 9.37 Å². The predicted octanol–water partition coefficient (Wildman–Crippen LogP) is 4.37. The standard InChI is InChI=1S/C15H15F4N3/c1-9(2)6-21-13-4-3-12(22-14(13)15(17,18)19)10-5-11(16)8-20-7-10/h3-5,7-9,21H,6H2,1-2H3. The molecule has 7 heteroatoms. The van der Waals surface area contributed by atoms with E-state index in [4.69, 9.17) is 0 Å². The molecule has 0 radical (unpaired) electrons. The Bertz CT molecular complexity index is 653. The molecule has 3 nitrogen and oxygen atoms in total. The van der Waals surface area contributed by atoms with Crippen LogP contribution in [-0.2, 0) is 6.18 Å². The minimum atomic E-state index is -4.60. The van der Waals surface area contributed by atoms with Gasteiger partial charge in [0.05, 0.1) is 17.6 Å². The van der Waals surface area contributed by atoms with Crippen molar-refractivity contribution >= 4 is 5.69 Å². The summed E-state index contributed by atoms with van der Waals surface area (Å²) in [5.74, 6) is -0.442. The number of hydrogen-bond donors (Lipinski definition) is 1. The molecule has 0 aliphatic carbocycles. The van der Waals surface area contributed by atoms with Gasteiger partial charge in [0.15, 0.2) is 5.69 Å². The van der Waals surface area contributed by atoms with Crippen molar-refractivity contribution in [2.75, 3.05) is 11.9 Å². The number of pyridine rings is 2. The molecule has 0 atom stereocenters. The van der Waals surface area contributed by atoms with E-state index in [2.05, 4.69) is 15.3 Å². The van der Waals surface area contributed by atoms with Crippen LogP contribution in [0.3, 0.4) is 0 Å². The largest absolute Gasteiger partial charge is 0.435 e. The molecule has 0 saturated carbocycles. The first-order valence-electron chi connectivity index (χ1n) is 6.70. The summed E-state index contributed by atoms with van der Waals surface area (Å²) in [6, 6.07) is 3.81. The number of nitrogens with zero attached hydrogens (tertiary/aromatic N) is 2. The van der Waals surface area contributed by atoms with Gasteiger partial charge in [-0.15, -0.1) is 0 Å². The lowest BCUT2D eigenvalue weighted by Crippen LogP contribution is -2.16. The van der Waals surface area contributed by atoms with E-state index in [1.807, 2.05) is 13.8 Å². The van der Waals surface area contributed by atoms with E-state index < -0.39 is 17.7 Å². The van der Waals surface area contributed by atoms with Crippen molar-refractivity contribution in [3.8, 4) is 11.3 Å². The fourth-order valence-corrected chi connectivity index (χ4v) is 1.84. The molecule has 0 aromatic carbocycles. The molecular formula is C15H15F4N3. The second-order valence-electron chi connectivity index (χ2n) is 5.26. The molecule has 0 fully saturated rings. The fraction of sp³-hybridized carbons (Fsp3) is 0.333. The quantitative estimate of drug-likeness (QED) is 0.852. The van der Waals surface area contributed by atoms with Crippen molar-refractivity contribution in [3.05, 3.63) is 42.1 Å². The van der Waals surface area contributed by atoms with E-state index in [-0.39, 0.29) is 22.9 Å². The zero-order valence-electron chi connectivity index (χ0n) is 12.1. The van der Waals surface area contributed by atoms with Crippen molar-refractivity contribution < 1.29 is 17.6 Å². The number of rotatable bonds is 4. The maximum Gasteiger partial charge on any atom is 0.435 e. The van der Waals surface area contributed by atoms with E-state index in [0.29, 0.717) is 6.54 Å². The van der Waals surface area contributed by atoms with E-state index in [0.717, 1.165) is 12.3 Å². The van der Waals surface area contributed by atoms with Crippen LogP contribution in [0.25, 0.3) is 11.3 Å². The Labute approximate surface area is 125 Å². The van der Waals surface area contributed by atoms with E-state index >= 15 is 0 Å². The van der Waals surface area contributed by atoms with Gasteiger partial charge in [-0.1, -0.05) is 13.8 Å². The SMILES string of the molecule is CC(C)CNc1ccc(-c2cncc(F)c2)nc1C(F)(F)F. The molecular weight excluding hydrogens is 298 g/mol. The monoisotopic (exact) mass is 313 g/mol. The summed E-state index contributed by atoms with van der Waals surface area (Å²) in [6.45, 7) is 4.17. The molecule has 0 amide bonds. The summed E-state index contributed by atoms with van der Waals surface area (Å²) < 4.78 is 52.6. The Balaban J connectivity index is 2.43. The summed E-state index contributed by atoms with van der Waals surface area (Å²) in [5, 5.41) is 2.74. The van der Waals surface area contributed by atoms with Crippen molar-refractivity contribution in [1.82, 2.24) is 9.97 Å². The molecule has 0 unspecified atom stereocenters. The lowest BCUT2D eigenvalue weighted by atomic mass is 10.1. The first-order valence-corrected chi connectivity index (χ1v) is 6.70. The normalized spacial score (nSPS) is 11.8. The van der Waals surface area contributed by atoms with Crippen LogP contribution in [-0.4, -0.2) is 16.5 Å². The third kappa shape index (κ3) is 3.93. The van der Waals surface area contributed by atoms with Crippen molar-refractivity contribution in [2.45, 2.75) is 20.0 Å². The van der Waals surface area contributed by atoms with Crippen LogP contribution in [0.15, 0.2) is 30.6 Å². The van der Waals surface area contributed by atoms with Crippen LogP contribution < -0.4 is 5.32 Å². The van der Waals surface area contributed by atoms with Crippen molar-refractivity contribution in [3.63, 3.8) is 0 Å². The highest BCUT2D eigenvalue weighted by Gasteiger charge is 2.36. The van der Waals surface area contributed by atoms with Gasteiger partial charge < -0.3 is 5.32 Å². The summed E-state index contributed by atoms with van der Waals surface area (Å²) in [5.41, 5.74) is -0.889. The number of anilines is 1. The fourth-order valence-electron chi connectivity index (χ4n) is 1.84. The van der Waals surface area contributed by atoms with Gasteiger partial charge in [0.25, 0.3) is 0 Å². The number of nitrogens with one attached hydrogen (secondary N) is 1. The molecule has 118 valence electrons. The van der Waals surface area contributed by atoms with Crippen molar-refractivity contribution in [1.29, 1.82) is 0 Å². The van der Waals surface area contributed by atoms with Crippen LogP contribution in [0.5, 0.6) is 0 Å². The van der Waals surface area contributed by atoms with Crippen LogP contribution in [0, 0.1) is 11.7 Å². The Morgan fingerprint density at radius 3 is 2.50 bits per heavy atom. The minimum absolute atomic E-state index is 0.0226. The second-order valence-corrected chi connectivity index (χ2v) is 5.26. The highest BCUT2D eigenvalue weighted by atomic mass is 19.4. The van der Waals surface area contributed by atoms with E-state index in [1.54, 1.807) is 0 Å². The average molecular weight is 313 g/mol. The number of alkyl halides is 3. The van der Waals surface area contributed by atoms with Crippen LogP contribution in [0.1, 0.15) is 19.5 Å². The molecule has 0 saturated heterocycles. The van der Waals surface area contributed by atoms with Crippen LogP contribution in [0.4, 0.5) is 23.2 Å². The first kappa shape index (κ1) is 16.2. The summed E-state index contributed by atoms with van der Waals surface area (Å²) in [6.07, 6.45) is -2.35. The third-order valence-electron chi connectivity index (χ3n) is 2.87. The van der Waals surface area contributed by atoms with Gasteiger partial charge in [0, 0.05) is 18.3 Å². The van der Waals surface area contributed by atoms with Crippen molar-refractivity contribution in [2.24, 2.45) is 5.92 Å². The molecule has 2 aromatic rings. The Kier molecular flexibility index (Phi) is 4.63. The predicted molar refractivity (Wildman–Crippen MR) is 75.8 cm³/mol. The molecule has 0 spiro atoms. The summed E-state index contributed by atoms with van der Waals surface area (Å²) in [4.78, 5) is 7.26. The lowest BCUT2D eigenvalue weighted by molar-refractivity contribution is -0.140. The molecule has 2 heterocycles. The van der Waals surface area contributed by atoms with Crippen LogP contribution in [0.2, 0.25) is 0 Å². The maximum atomic E-state index is 13.2. The van der Waals surface area contributed by atoms with Gasteiger partial charge >= 0.3 is 6.18 Å². The van der Waals surface area contributed by atoms with E-state index in [1.165, 1.54) is 18.3 Å². The Morgan fingerprint density at radius 2 is 1.91 bits per heavy atom. The smallest absolute Gasteiger partial charge is 0.383 e. The molecule has 0 bridgehead atoms. The average Bonchev–Trinajstić information content (AvgIpc) is 2.44. The third-order valence-corrected chi connectivity index (χ3v) is 2.87. The molecule has 2 rings (SSSR count). The number of hydrogen-bond acceptors (Lipinski definition) is 3. The zero-order valence-corrected chi connectivity index (χ0v) is 12.1. The minimum Gasteiger partial charge on any atom is -0.383 e. The Hall–Kier alpha value is -2.18. The highest BCUT2D eigenvalue weighted by Crippen LogP contribution is 2.35. The summed E-state index contributed by atoms with van der Waals surface area (Å²) >= 11 is 0. The molecule has 0 aliphatic rings. The first-order chi connectivity index (χ1) is 10.3. The highest BCUT2D eigenvalue weighted by molar-refractivity contribution is 5.62. The maximum absolute atomic E-state index is 13.2. The zero-order chi connectivity index (χ0) is 16.3. The van der Waals surface area contributed by atoms with Gasteiger partial charge in [-0.3, -0.25) is 4.98 Å².